The molecule has 3 N–H and O–H groups in total. The van der Waals surface area contributed by atoms with Gasteiger partial charge >= 0.3 is 0 Å². The number of nitrogens with two attached hydrogens (primary N) is 1. The minimum Gasteiger partial charge on any atom is -0.364 e. The summed E-state index contributed by atoms with van der Waals surface area (Å²) in [5.41, 5.74) is 6.69. The molecule has 0 aliphatic carbocycles. The minimum absolute atomic E-state index is 0.000188. The van der Waals surface area contributed by atoms with Crippen LogP contribution in [0.1, 0.15) is 30.3 Å². The summed E-state index contributed by atoms with van der Waals surface area (Å²) in [7, 11) is 0. The Labute approximate surface area is 160 Å². The third kappa shape index (κ3) is 3.48. The summed E-state index contributed by atoms with van der Waals surface area (Å²) in [6.07, 6.45) is 8.09. The van der Waals surface area contributed by atoms with E-state index in [-0.39, 0.29) is 17.6 Å². The highest BCUT2D eigenvalue weighted by Crippen LogP contribution is 2.22. The van der Waals surface area contributed by atoms with Crippen LogP contribution in [0.3, 0.4) is 0 Å². The zero-order valence-electron chi connectivity index (χ0n) is 15.4. The van der Waals surface area contributed by atoms with E-state index in [1.165, 1.54) is 19.3 Å². The second-order valence-corrected chi connectivity index (χ2v) is 6.71. The lowest BCUT2D eigenvalue weighted by atomic mass is 10.1. The fourth-order valence-corrected chi connectivity index (χ4v) is 3.37. The normalized spacial score (nSPS) is 15.0. The topological polar surface area (TPSA) is 131 Å². The largest absolute Gasteiger partial charge is 0.364 e. The Morgan fingerprint density at radius 1 is 1.18 bits per heavy atom. The number of anilines is 1. The van der Waals surface area contributed by atoms with Crippen molar-refractivity contribution in [1.82, 2.24) is 29.7 Å². The van der Waals surface area contributed by atoms with Crippen molar-refractivity contribution in [2.45, 2.75) is 25.8 Å². The SMILES string of the molecule is CC(=O)NC1CCN(c2ccnc(-c3cnc4cnc(C(N)=O)cn34)n2)CC1. The van der Waals surface area contributed by atoms with Crippen LogP contribution in [-0.4, -0.2) is 55.3 Å². The van der Waals surface area contributed by atoms with Crippen molar-refractivity contribution in [3.63, 3.8) is 0 Å². The summed E-state index contributed by atoms with van der Waals surface area (Å²) >= 11 is 0. The Balaban J connectivity index is 1.60. The third-order valence-electron chi connectivity index (χ3n) is 4.74. The molecule has 3 aromatic heterocycles. The van der Waals surface area contributed by atoms with Crippen molar-refractivity contribution in [2.24, 2.45) is 5.73 Å². The predicted octanol–water partition coefficient (Wildman–Crippen LogP) is 0.390. The van der Waals surface area contributed by atoms with Crippen LogP contribution < -0.4 is 16.0 Å². The molecular weight excluding hydrogens is 360 g/mol. The van der Waals surface area contributed by atoms with Crippen LogP contribution >= 0.6 is 0 Å². The van der Waals surface area contributed by atoms with Gasteiger partial charge in [-0.3, -0.25) is 14.0 Å². The number of piperidine rings is 1. The molecule has 1 aliphatic heterocycles. The van der Waals surface area contributed by atoms with Crippen LogP contribution in [0.25, 0.3) is 17.2 Å². The van der Waals surface area contributed by atoms with Crippen molar-refractivity contribution >= 4 is 23.3 Å². The van der Waals surface area contributed by atoms with Crippen molar-refractivity contribution in [2.75, 3.05) is 18.0 Å². The van der Waals surface area contributed by atoms with Crippen LogP contribution in [0.4, 0.5) is 5.82 Å². The number of primary amides is 1. The van der Waals surface area contributed by atoms with Gasteiger partial charge in [0.1, 0.15) is 17.2 Å². The molecule has 1 saturated heterocycles. The van der Waals surface area contributed by atoms with Gasteiger partial charge in [0, 0.05) is 38.4 Å². The number of nitrogens with one attached hydrogen (secondary N) is 1. The highest BCUT2D eigenvalue weighted by atomic mass is 16.1. The van der Waals surface area contributed by atoms with Crippen molar-refractivity contribution in [3.8, 4) is 11.5 Å². The molecule has 0 unspecified atom stereocenters. The number of aromatic nitrogens is 5. The first kappa shape index (κ1) is 17.8. The lowest BCUT2D eigenvalue weighted by Crippen LogP contribution is -2.44. The Hall–Kier alpha value is -3.56. The monoisotopic (exact) mass is 380 g/mol. The number of carbonyl (C=O) groups is 2. The van der Waals surface area contributed by atoms with Gasteiger partial charge in [0.2, 0.25) is 5.91 Å². The van der Waals surface area contributed by atoms with Crippen LogP contribution in [0.15, 0.2) is 30.9 Å². The second-order valence-electron chi connectivity index (χ2n) is 6.71. The number of nitrogens with zero attached hydrogens (tertiary/aromatic N) is 6. The van der Waals surface area contributed by atoms with Crippen molar-refractivity contribution < 1.29 is 9.59 Å². The van der Waals surface area contributed by atoms with Gasteiger partial charge in [-0.25, -0.2) is 19.9 Å². The average molecular weight is 380 g/mol. The molecule has 0 saturated carbocycles. The predicted molar refractivity (Wildman–Crippen MR) is 102 cm³/mol. The molecule has 0 radical (unpaired) electrons. The molecule has 0 bridgehead atoms. The van der Waals surface area contributed by atoms with Crippen LogP contribution in [0.5, 0.6) is 0 Å². The number of imidazole rings is 1. The van der Waals surface area contributed by atoms with Gasteiger partial charge in [-0.05, 0) is 18.9 Å². The van der Waals surface area contributed by atoms with Gasteiger partial charge in [0.15, 0.2) is 11.5 Å². The molecule has 4 rings (SSSR count). The first-order chi connectivity index (χ1) is 13.5. The fraction of sp³-hybridized carbons (Fsp3) is 0.333. The van der Waals surface area contributed by atoms with Gasteiger partial charge < -0.3 is 16.0 Å². The van der Waals surface area contributed by atoms with Crippen LogP contribution in [0.2, 0.25) is 0 Å². The van der Waals surface area contributed by atoms with Crippen LogP contribution in [0, 0.1) is 0 Å². The number of fused-ring (bicyclic) bond motifs is 1. The molecule has 28 heavy (non-hydrogen) atoms. The number of carbonyl (C=O) groups excluding carboxylic acids is 2. The van der Waals surface area contributed by atoms with Crippen molar-refractivity contribution in [3.05, 3.63) is 36.5 Å². The smallest absolute Gasteiger partial charge is 0.268 e. The summed E-state index contributed by atoms with van der Waals surface area (Å²) in [6.45, 7) is 3.13. The highest BCUT2D eigenvalue weighted by molar-refractivity contribution is 5.90. The summed E-state index contributed by atoms with van der Waals surface area (Å²) in [4.78, 5) is 42.2. The maximum absolute atomic E-state index is 11.4. The van der Waals surface area contributed by atoms with Gasteiger partial charge in [-0.15, -0.1) is 0 Å². The Kier molecular flexibility index (Phi) is 4.60. The number of amides is 2. The molecule has 1 aliphatic rings. The summed E-state index contributed by atoms with van der Waals surface area (Å²) in [5.74, 6) is 0.694. The molecule has 10 heteroatoms. The molecule has 0 atom stereocenters. The molecule has 144 valence electrons. The Bertz CT molecular complexity index is 1040. The molecule has 10 nitrogen and oxygen atoms in total. The zero-order valence-corrected chi connectivity index (χ0v) is 15.4. The molecule has 0 aromatic carbocycles. The Morgan fingerprint density at radius 2 is 1.96 bits per heavy atom. The quantitative estimate of drug-likeness (QED) is 0.669. The summed E-state index contributed by atoms with van der Waals surface area (Å²) in [6, 6.07) is 2.07. The third-order valence-corrected chi connectivity index (χ3v) is 4.74. The van der Waals surface area contributed by atoms with Gasteiger partial charge in [-0.2, -0.15) is 0 Å². The minimum atomic E-state index is -0.613. The number of hydrogen-bond donors (Lipinski definition) is 2. The molecule has 4 heterocycles. The zero-order chi connectivity index (χ0) is 19.7. The summed E-state index contributed by atoms with van der Waals surface area (Å²) < 4.78 is 1.70. The van der Waals surface area contributed by atoms with E-state index in [2.05, 4.69) is 30.2 Å². The average Bonchev–Trinajstić information content (AvgIpc) is 3.11. The first-order valence-corrected chi connectivity index (χ1v) is 8.99. The highest BCUT2D eigenvalue weighted by Gasteiger charge is 2.21. The van der Waals surface area contributed by atoms with E-state index in [0.29, 0.717) is 17.2 Å². The summed E-state index contributed by atoms with van der Waals surface area (Å²) in [5, 5.41) is 2.97. The molecular formula is C18H20N8O2. The molecule has 1 fully saturated rings. The fourth-order valence-electron chi connectivity index (χ4n) is 3.37. The van der Waals surface area contributed by atoms with E-state index in [1.807, 2.05) is 6.07 Å². The molecule has 2 amide bonds. The lowest BCUT2D eigenvalue weighted by Gasteiger charge is -2.33. The number of hydrogen-bond acceptors (Lipinski definition) is 7. The number of rotatable bonds is 4. The Morgan fingerprint density at radius 3 is 2.68 bits per heavy atom. The molecule has 3 aromatic rings. The molecule has 0 spiro atoms. The maximum atomic E-state index is 11.4. The maximum Gasteiger partial charge on any atom is 0.268 e. The van der Waals surface area contributed by atoms with Crippen molar-refractivity contribution in [1.29, 1.82) is 0 Å². The van der Waals surface area contributed by atoms with Gasteiger partial charge in [0.25, 0.3) is 5.91 Å². The van der Waals surface area contributed by atoms with E-state index in [1.54, 1.807) is 16.8 Å². The second kappa shape index (κ2) is 7.22. The first-order valence-electron chi connectivity index (χ1n) is 8.99. The van der Waals surface area contributed by atoms with Gasteiger partial charge in [0.05, 0.1) is 12.4 Å². The van der Waals surface area contributed by atoms with E-state index in [9.17, 15) is 9.59 Å². The van der Waals surface area contributed by atoms with E-state index in [0.717, 1.165) is 31.7 Å². The van der Waals surface area contributed by atoms with E-state index < -0.39 is 5.91 Å². The van der Waals surface area contributed by atoms with Crippen LogP contribution in [-0.2, 0) is 4.79 Å². The van der Waals surface area contributed by atoms with Gasteiger partial charge in [-0.1, -0.05) is 0 Å². The van der Waals surface area contributed by atoms with E-state index >= 15 is 0 Å². The lowest BCUT2D eigenvalue weighted by molar-refractivity contribution is -0.119. The van der Waals surface area contributed by atoms with E-state index in [4.69, 9.17) is 5.73 Å². The standard InChI is InChI=1S/C18H20N8O2/c1-11(27)23-12-3-6-25(7-4-12)15-2-5-20-18(24-15)14-8-22-16-9-21-13(17(19)28)10-26(14)16/h2,5,8-10,12H,3-4,6-7H2,1H3,(H2,19,28)(H,23,27).